The number of benzene rings is 2. The summed E-state index contributed by atoms with van der Waals surface area (Å²) in [6.07, 6.45) is 3.66. The molecule has 5 rings (SSSR count). The molecule has 2 aromatic carbocycles. The first-order chi connectivity index (χ1) is 16.1. The smallest absolute Gasteiger partial charge is 0.263 e. The lowest BCUT2D eigenvalue weighted by atomic mass is 10.2. The van der Waals surface area contributed by atoms with Crippen molar-refractivity contribution >= 4 is 32.7 Å². The van der Waals surface area contributed by atoms with E-state index in [1.54, 1.807) is 36.5 Å². The van der Waals surface area contributed by atoms with Gasteiger partial charge in [-0.05, 0) is 35.9 Å². The predicted molar refractivity (Wildman–Crippen MR) is 129 cm³/mol. The molecule has 3 heterocycles. The maximum absolute atomic E-state index is 13.0. The largest absolute Gasteiger partial charge is 0.351 e. The number of para-hydroxylation sites is 2. The van der Waals surface area contributed by atoms with Gasteiger partial charge >= 0.3 is 0 Å². The van der Waals surface area contributed by atoms with Gasteiger partial charge in [0.15, 0.2) is 11.6 Å². The molecule has 0 bridgehead atoms. The number of anilines is 2. The van der Waals surface area contributed by atoms with Gasteiger partial charge in [0.1, 0.15) is 0 Å². The minimum atomic E-state index is -3.79. The van der Waals surface area contributed by atoms with Crippen molar-refractivity contribution in [1.82, 2.24) is 19.9 Å². The molecule has 1 fully saturated rings. The Morgan fingerprint density at radius 1 is 0.818 bits per heavy atom. The molecule has 1 aliphatic rings. The Balaban J connectivity index is 1.41. The molecule has 0 saturated carbocycles. The average Bonchev–Trinajstić information content (AvgIpc) is 2.85. The minimum absolute atomic E-state index is 0.187. The Morgan fingerprint density at radius 2 is 1.52 bits per heavy atom. The van der Waals surface area contributed by atoms with Crippen LogP contribution in [-0.4, -0.2) is 54.4 Å². The van der Waals surface area contributed by atoms with E-state index in [0.717, 1.165) is 25.2 Å². The summed E-state index contributed by atoms with van der Waals surface area (Å²) < 4.78 is 28.7. The van der Waals surface area contributed by atoms with Crippen molar-refractivity contribution in [2.24, 2.45) is 0 Å². The van der Waals surface area contributed by atoms with Crippen molar-refractivity contribution in [3.05, 3.63) is 84.7 Å². The molecule has 0 aliphatic carbocycles. The topological polar surface area (TPSA) is 91.3 Å². The number of hydrogen-bond acceptors (Lipinski definition) is 7. The molecule has 0 atom stereocenters. The normalized spacial score (nSPS) is 15.0. The molecule has 0 amide bonds. The first-order valence-corrected chi connectivity index (χ1v) is 12.3. The van der Waals surface area contributed by atoms with Gasteiger partial charge in [0, 0.05) is 45.1 Å². The molecule has 1 saturated heterocycles. The van der Waals surface area contributed by atoms with Gasteiger partial charge in [0.25, 0.3) is 10.0 Å². The Kier molecular flexibility index (Phi) is 5.89. The highest BCUT2D eigenvalue weighted by Gasteiger charge is 2.25. The Morgan fingerprint density at radius 3 is 2.21 bits per heavy atom. The molecule has 2 aromatic heterocycles. The van der Waals surface area contributed by atoms with Crippen molar-refractivity contribution in [3.8, 4) is 0 Å². The molecule has 168 valence electrons. The number of hydrogen-bond donors (Lipinski definition) is 1. The fraction of sp³-hybridized carbons (Fsp3) is 0.208. The van der Waals surface area contributed by atoms with Crippen LogP contribution in [0.5, 0.6) is 0 Å². The third-order valence-corrected chi connectivity index (χ3v) is 6.99. The first-order valence-electron chi connectivity index (χ1n) is 10.8. The van der Waals surface area contributed by atoms with Crippen LogP contribution in [-0.2, 0) is 16.6 Å². The Bertz CT molecular complexity index is 1340. The summed E-state index contributed by atoms with van der Waals surface area (Å²) in [4.78, 5) is 18.3. The van der Waals surface area contributed by atoms with Gasteiger partial charge in [0.2, 0.25) is 0 Å². The molecule has 0 radical (unpaired) electrons. The lowest BCUT2D eigenvalue weighted by Crippen LogP contribution is -2.46. The van der Waals surface area contributed by atoms with Crippen LogP contribution in [0.1, 0.15) is 5.56 Å². The average molecular weight is 461 g/mol. The molecule has 8 nitrogen and oxygen atoms in total. The molecule has 9 heteroatoms. The summed E-state index contributed by atoms with van der Waals surface area (Å²) in [5, 5.41) is 0. The van der Waals surface area contributed by atoms with E-state index >= 15 is 0 Å². The van der Waals surface area contributed by atoms with Gasteiger partial charge < -0.3 is 4.90 Å². The monoisotopic (exact) mass is 460 g/mol. The second-order valence-electron chi connectivity index (χ2n) is 7.93. The van der Waals surface area contributed by atoms with Crippen LogP contribution in [0, 0.1) is 0 Å². The number of aromatic nitrogens is 3. The number of fused-ring (bicyclic) bond motifs is 1. The van der Waals surface area contributed by atoms with E-state index in [-0.39, 0.29) is 10.7 Å². The summed E-state index contributed by atoms with van der Waals surface area (Å²) in [6.45, 7) is 3.92. The van der Waals surface area contributed by atoms with Crippen LogP contribution >= 0.6 is 0 Å². The van der Waals surface area contributed by atoms with Crippen LogP contribution < -0.4 is 9.62 Å². The summed E-state index contributed by atoms with van der Waals surface area (Å²) in [5.74, 6) is 0.799. The van der Waals surface area contributed by atoms with Gasteiger partial charge in [-0.25, -0.2) is 18.4 Å². The van der Waals surface area contributed by atoms with Gasteiger partial charge in [-0.3, -0.25) is 14.6 Å². The highest BCUT2D eigenvalue weighted by molar-refractivity contribution is 7.92. The van der Waals surface area contributed by atoms with Crippen molar-refractivity contribution in [3.63, 3.8) is 0 Å². The number of pyridine rings is 1. The number of nitrogens with one attached hydrogen (secondary N) is 1. The van der Waals surface area contributed by atoms with Crippen molar-refractivity contribution in [2.45, 2.75) is 11.4 Å². The minimum Gasteiger partial charge on any atom is -0.351 e. The number of rotatable bonds is 6. The zero-order valence-corrected chi connectivity index (χ0v) is 18.8. The maximum atomic E-state index is 13.0. The first kappa shape index (κ1) is 21.3. The molecular formula is C24H24N6O2S. The number of piperazine rings is 1. The van der Waals surface area contributed by atoms with Crippen LogP contribution in [0.25, 0.3) is 11.0 Å². The Labute approximate surface area is 193 Å². The highest BCUT2D eigenvalue weighted by atomic mass is 32.2. The molecule has 4 aromatic rings. The van der Waals surface area contributed by atoms with Gasteiger partial charge in [-0.1, -0.05) is 36.4 Å². The fourth-order valence-electron chi connectivity index (χ4n) is 3.93. The van der Waals surface area contributed by atoms with Crippen LogP contribution in [0.2, 0.25) is 0 Å². The third kappa shape index (κ3) is 4.79. The zero-order valence-electron chi connectivity index (χ0n) is 18.0. The van der Waals surface area contributed by atoms with E-state index < -0.39 is 10.0 Å². The third-order valence-electron chi connectivity index (χ3n) is 5.64. The molecule has 0 unspecified atom stereocenters. The summed E-state index contributed by atoms with van der Waals surface area (Å²) >= 11 is 0. The van der Waals surface area contributed by atoms with Gasteiger partial charge in [0.05, 0.1) is 15.9 Å². The second kappa shape index (κ2) is 9.13. The molecule has 1 aliphatic heterocycles. The van der Waals surface area contributed by atoms with E-state index in [1.165, 1.54) is 5.56 Å². The van der Waals surface area contributed by atoms with E-state index in [4.69, 9.17) is 4.98 Å². The van der Waals surface area contributed by atoms with E-state index in [9.17, 15) is 8.42 Å². The summed E-state index contributed by atoms with van der Waals surface area (Å²) in [5.41, 5.74) is 2.54. The van der Waals surface area contributed by atoms with Gasteiger partial charge in [-0.2, -0.15) is 0 Å². The van der Waals surface area contributed by atoms with E-state index in [0.29, 0.717) is 24.4 Å². The SMILES string of the molecule is O=S(=O)(Nc1nc2ccccc2nc1N1CCN(Cc2cccnc2)CC1)c1ccccc1. The maximum Gasteiger partial charge on any atom is 0.263 e. The summed E-state index contributed by atoms with van der Waals surface area (Å²) in [6, 6.07) is 19.8. The zero-order chi connectivity index (χ0) is 22.7. The number of nitrogens with zero attached hydrogens (tertiary/aromatic N) is 5. The van der Waals surface area contributed by atoms with Crippen molar-refractivity contribution < 1.29 is 8.42 Å². The highest BCUT2D eigenvalue weighted by Crippen LogP contribution is 2.28. The lowest BCUT2D eigenvalue weighted by molar-refractivity contribution is 0.249. The standard InChI is InChI=1S/C24H24N6O2S/c31-33(32,20-8-2-1-3-9-20)28-23-24(27-22-11-5-4-10-21(22)26-23)30-15-13-29(14-16-30)18-19-7-6-12-25-17-19/h1-12,17H,13-16,18H2,(H,26,28). The summed E-state index contributed by atoms with van der Waals surface area (Å²) in [7, 11) is -3.79. The van der Waals surface area contributed by atoms with E-state index in [2.05, 4.69) is 30.6 Å². The van der Waals surface area contributed by atoms with Gasteiger partial charge in [-0.15, -0.1) is 0 Å². The van der Waals surface area contributed by atoms with Crippen molar-refractivity contribution in [2.75, 3.05) is 35.8 Å². The van der Waals surface area contributed by atoms with Crippen LogP contribution in [0.15, 0.2) is 84.0 Å². The molecular weight excluding hydrogens is 436 g/mol. The van der Waals surface area contributed by atoms with E-state index in [1.807, 2.05) is 36.5 Å². The van der Waals surface area contributed by atoms with Crippen molar-refractivity contribution in [1.29, 1.82) is 0 Å². The molecule has 33 heavy (non-hydrogen) atoms. The molecule has 1 N–H and O–H groups in total. The molecule has 0 spiro atoms. The van der Waals surface area contributed by atoms with Crippen LogP contribution in [0.3, 0.4) is 0 Å². The Hall–Kier alpha value is -3.56. The van der Waals surface area contributed by atoms with Crippen LogP contribution in [0.4, 0.5) is 11.6 Å². The fourth-order valence-corrected chi connectivity index (χ4v) is 4.96. The quantitative estimate of drug-likeness (QED) is 0.473. The lowest BCUT2D eigenvalue weighted by Gasteiger charge is -2.36. The predicted octanol–water partition coefficient (Wildman–Crippen LogP) is 3.15. The second-order valence-corrected chi connectivity index (χ2v) is 9.61. The number of sulfonamides is 1.